The van der Waals surface area contributed by atoms with Crippen LogP contribution in [0, 0.1) is 19.7 Å². The van der Waals surface area contributed by atoms with Crippen molar-refractivity contribution >= 4 is 5.78 Å². The van der Waals surface area contributed by atoms with Gasteiger partial charge in [-0.2, -0.15) is 0 Å². The third kappa shape index (κ3) is 2.62. The normalized spacial score (nSPS) is 10.4. The van der Waals surface area contributed by atoms with Gasteiger partial charge >= 0.3 is 0 Å². The number of nitrogens with zero attached hydrogens (tertiary/aromatic N) is 1. The van der Waals surface area contributed by atoms with Gasteiger partial charge in [-0.05, 0) is 31.0 Å². The highest BCUT2D eigenvalue weighted by Gasteiger charge is 2.13. The largest absolute Gasteiger partial charge is 0.294 e. The number of aryl methyl sites for hydroxylation is 2. The number of hydrogen-bond donors (Lipinski definition) is 0. The van der Waals surface area contributed by atoms with Crippen LogP contribution in [0.5, 0.6) is 0 Å². The van der Waals surface area contributed by atoms with Crippen molar-refractivity contribution in [3.05, 3.63) is 64.7 Å². The first kappa shape index (κ1) is 12.4. The topological polar surface area (TPSA) is 30.0 Å². The fraction of sp³-hybridized carbons (Fsp3) is 0.200. The summed E-state index contributed by atoms with van der Waals surface area (Å²) >= 11 is 0. The Kier molecular flexibility index (Phi) is 3.51. The van der Waals surface area contributed by atoms with Crippen LogP contribution in [-0.2, 0) is 6.42 Å². The molecule has 18 heavy (non-hydrogen) atoms. The number of aromatic nitrogens is 1. The number of Topliss-reactive ketones (excluding diaryl/α,β-unsaturated/α-hetero) is 1. The van der Waals surface area contributed by atoms with Crippen LogP contribution in [0.1, 0.15) is 27.0 Å². The minimum atomic E-state index is -0.562. The molecule has 2 rings (SSSR count). The van der Waals surface area contributed by atoms with Gasteiger partial charge in [0.15, 0.2) is 11.6 Å². The second kappa shape index (κ2) is 5.08. The third-order valence-electron chi connectivity index (χ3n) is 2.93. The number of ketones is 1. The fourth-order valence-corrected chi connectivity index (χ4v) is 1.86. The Morgan fingerprint density at radius 2 is 2.06 bits per heavy atom. The van der Waals surface area contributed by atoms with Crippen LogP contribution in [0.15, 0.2) is 36.7 Å². The number of carbonyl (C=O) groups is 1. The van der Waals surface area contributed by atoms with Crippen molar-refractivity contribution in [3.8, 4) is 0 Å². The summed E-state index contributed by atoms with van der Waals surface area (Å²) in [5, 5.41) is 0. The Balaban J connectivity index is 2.27. The fourth-order valence-electron chi connectivity index (χ4n) is 1.86. The summed E-state index contributed by atoms with van der Waals surface area (Å²) in [7, 11) is 0. The van der Waals surface area contributed by atoms with E-state index < -0.39 is 5.82 Å². The lowest BCUT2D eigenvalue weighted by molar-refractivity contribution is 0.0988. The predicted octanol–water partition coefficient (Wildman–Crippen LogP) is 3.26. The summed E-state index contributed by atoms with van der Waals surface area (Å²) in [6.07, 6.45) is 2.71. The molecule has 2 nitrogen and oxygen atoms in total. The van der Waals surface area contributed by atoms with E-state index in [1.807, 2.05) is 32.0 Å². The molecule has 0 saturated heterocycles. The van der Waals surface area contributed by atoms with Crippen LogP contribution in [0.25, 0.3) is 0 Å². The second-order valence-corrected chi connectivity index (χ2v) is 4.39. The zero-order valence-electron chi connectivity index (χ0n) is 10.4. The number of hydrogen-bond acceptors (Lipinski definition) is 2. The van der Waals surface area contributed by atoms with Crippen molar-refractivity contribution in [2.24, 2.45) is 0 Å². The van der Waals surface area contributed by atoms with Crippen LogP contribution < -0.4 is 0 Å². The van der Waals surface area contributed by atoms with Gasteiger partial charge in [-0.1, -0.05) is 23.8 Å². The smallest absolute Gasteiger partial charge is 0.170 e. The van der Waals surface area contributed by atoms with Gasteiger partial charge in [0.05, 0.1) is 11.8 Å². The van der Waals surface area contributed by atoms with Crippen molar-refractivity contribution in [2.75, 3.05) is 0 Å². The zero-order valence-corrected chi connectivity index (χ0v) is 10.4. The molecule has 0 fully saturated rings. The highest BCUT2D eigenvalue weighted by molar-refractivity contribution is 5.97. The van der Waals surface area contributed by atoms with Gasteiger partial charge in [0.25, 0.3) is 0 Å². The van der Waals surface area contributed by atoms with Crippen LogP contribution in [0.3, 0.4) is 0 Å². The third-order valence-corrected chi connectivity index (χ3v) is 2.93. The molecule has 1 aromatic carbocycles. The van der Waals surface area contributed by atoms with Gasteiger partial charge in [-0.25, -0.2) is 4.39 Å². The summed E-state index contributed by atoms with van der Waals surface area (Å²) in [6, 6.07) is 7.35. The second-order valence-electron chi connectivity index (χ2n) is 4.39. The van der Waals surface area contributed by atoms with E-state index in [9.17, 15) is 9.18 Å². The summed E-state index contributed by atoms with van der Waals surface area (Å²) in [4.78, 5) is 15.7. The Bertz CT molecular complexity index is 593. The summed E-state index contributed by atoms with van der Waals surface area (Å²) < 4.78 is 13.4. The van der Waals surface area contributed by atoms with E-state index in [0.29, 0.717) is 0 Å². The summed E-state index contributed by atoms with van der Waals surface area (Å²) in [6.45, 7) is 3.92. The van der Waals surface area contributed by atoms with Crippen molar-refractivity contribution < 1.29 is 9.18 Å². The van der Waals surface area contributed by atoms with Gasteiger partial charge in [-0.15, -0.1) is 0 Å². The minimum Gasteiger partial charge on any atom is -0.294 e. The summed E-state index contributed by atoms with van der Waals surface area (Å²) in [5.41, 5.74) is 3.18. The van der Waals surface area contributed by atoms with E-state index in [0.717, 1.165) is 22.9 Å². The molecule has 1 heterocycles. The molecule has 0 radical (unpaired) electrons. The van der Waals surface area contributed by atoms with Gasteiger partial charge < -0.3 is 0 Å². The molecule has 1 aromatic heterocycles. The van der Waals surface area contributed by atoms with Crippen LogP contribution in [-0.4, -0.2) is 10.8 Å². The molecule has 0 N–H and O–H groups in total. The molecule has 0 atom stereocenters. The monoisotopic (exact) mass is 243 g/mol. The molecule has 0 amide bonds. The highest BCUT2D eigenvalue weighted by atomic mass is 19.1. The van der Waals surface area contributed by atoms with Crippen molar-refractivity contribution in [1.82, 2.24) is 4.98 Å². The first-order chi connectivity index (χ1) is 8.58. The number of pyridine rings is 1. The summed E-state index contributed by atoms with van der Waals surface area (Å²) in [5.74, 6) is -0.781. The SMILES string of the molecule is Cc1ccc(C)c(CC(=O)c2ccncc2F)c1. The average molecular weight is 243 g/mol. The number of halogens is 1. The van der Waals surface area contributed by atoms with E-state index in [1.54, 1.807) is 0 Å². The van der Waals surface area contributed by atoms with Gasteiger partial charge in [0, 0.05) is 12.6 Å². The Hall–Kier alpha value is -2.03. The maximum atomic E-state index is 13.4. The lowest BCUT2D eigenvalue weighted by atomic mass is 9.98. The lowest BCUT2D eigenvalue weighted by Gasteiger charge is -2.07. The molecule has 92 valence electrons. The first-order valence-electron chi connectivity index (χ1n) is 5.77. The quantitative estimate of drug-likeness (QED) is 0.774. The maximum absolute atomic E-state index is 13.4. The number of carbonyl (C=O) groups excluding carboxylic acids is 1. The number of benzene rings is 1. The molecular formula is C15H14FNO. The van der Waals surface area contributed by atoms with Gasteiger partial charge in [0.1, 0.15) is 0 Å². The molecule has 2 aromatic rings. The zero-order chi connectivity index (χ0) is 13.1. The average Bonchev–Trinajstić information content (AvgIpc) is 2.34. The molecule has 0 aliphatic heterocycles. The Morgan fingerprint density at radius 1 is 1.28 bits per heavy atom. The predicted molar refractivity (Wildman–Crippen MR) is 68.1 cm³/mol. The molecule has 0 spiro atoms. The lowest BCUT2D eigenvalue weighted by Crippen LogP contribution is -2.07. The van der Waals surface area contributed by atoms with Crippen molar-refractivity contribution in [3.63, 3.8) is 0 Å². The van der Waals surface area contributed by atoms with Crippen LogP contribution >= 0.6 is 0 Å². The van der Waals surface area contributed by atoms with Gasteiger partial charge in [-0.3, -0.25) is 9.78 Å². The molecule has 0 aliphatic carbocycles. The molecular weight excluding hydrogens is 229 g/mol. The van der Waals surface area contributed by atoms with Gasteiger partial charge in [0.2, 0.25) is 0 Å². The van der Waals surface area contributed by atoms with Crippen LogP contribution in [0.4, 0.5) is 4.39 Å². The standard InChI is InChI=1S/C15H14FNO/c1-10-3-4-11(2)12(7-10)8-15(18)13-5-6-17-9-14(13)16/h3-7,9H,8H2,1-2H3. The maximum Gasteiger partial charge on any atom is 0.170 e. The number of rotatable bonds is 3. The highest BCUT2D eigenvalue weighted by Crippen LogP contribution is 2.15. The van der Waals surface area contributed by atoms with Crippen molar-refractivity contribution in [2.45, 2.75) is 20.3 Å². The van der Waals surface area contributed by atoms with Crippen molar-refractivity contribution in [1.29, 1.82) is 0 Å². The Labute approximate surface area is 105 Å². The van der Waals surface area contributed by atoms with E-state index >= 15 is 0 Å². The molecule has 0 saturated carbocycles. The molecule has 3 heteroatoms. The Morgan fingerprint density at radius 3 is 2.78 bits per heavy atom. The van der Waals surface area contributed by atoms with E-state index in [1.165, 1.54) is 12.3 Å². The minimum absolute atomic E-state index is 0.103. The van der Waals surface area contributed by atoms with E-state index in [4.69, 9.17) is 0 Å². The molecule has 0 unspecified atom stereocenters. The molecule has 0 aliphatic rings. The van der Waals surface area contributed by atoms with E-state index in [2.05, 4.69) is 4.98 Å². The molecule has 0 bridgehead atoms. The van der Waals surface area contributed by atoms with Crippen LogP contribution in [0.2, 0.25) is 0 Å². The van der Waals surface area contributed by atoms with E-state index in [-0.39, 0.29) is 17.8 Å². The first-order valence-corrected chi connectivity index (χ1v) is 5.77.